The first-order valence-electron chi connectivity index (χ1n) is 8.72. The second-order valence-corrected chi connectivity index (χ2v) is 6.42. The van der Waals surface area contributed by atoms with E-state index in [-0.39, 0.29) is 30.1 Å². The smallest absolute Gasteiger partial charge is 0.387 e. The minimum atomic E-state index is -2.90. The molecule has 0 unspecified atom stereocenters. The van der Waals surface area contributed by atoms with Gasteiger partial charge in [0, 0.05) is 31.2 Å². The quantitative estimate of drug-likeness (QED) is 0.799. The molecule has 3 rings (SSSR count). The molecule has 1 fully saturated rings. The fourth-order valence-corrected chi connectivity index (χ4v) is 3.16. The highest BCUT2D eigenvalue weighted by Crippen LogP contribution is 2.18. The number of amides is 1. The summed E-state index contributed by atoms with van der Waals surface area (Å²) in [5, 5.41) is 2.99. The van der Waals surface area contributed by atoms with Gasteiger partial charge in [-0.05, 0) is 36.6 Å². The van der Waals surface area contributed by atoms with E-state index in [0.717, 1.165) is 32.5 Å². The number of hydrogen-bond donors (Lipinski definition) is 1. The van der Waals surface area contributed by atoms with Crippen LogP contribution in [-0.4, -0.2) is 36.5 Å². The number of carbonyl (C=O) groups is 1. The van der Waals surface area contributed by atoms with Gasteiger partial charge in [-0.25, -0.2) is 0 Å². The molecule has 0 radical (unpaired) electrons. The van der Waals surface area contributed by atoms with E-state index < -0.39 is 6.61 Å². The summed E-state index contributed by atoms with van der Waals surface area (Å²) in [5.74, 6) is -0.267. The molecule has 146 valence electrons. The zero-order valence-corrected chi connectivity index (χ0v) is 15.6. The number of halogens is 3. The first kappa shape index (κ1) is 21.1. The third-order valence-electron chi connectivity index (χ3n) is 4.49. The SMILES string of the molecule is Cl.O=C(NC1CCN(Cc2ccccc2)CC1)c1cccc(OC(F)F)c1. The molecular formula is C20H23ClF2N2O2. The lowest BCUT2D eigenvalue weighted by atomic mass is 10.0. The monoisotopic (exact) mass is 396 g/mol. The molecule has 1 saturated heterocycles. The Hall–Kier alpha value is -2.18. The highest BCUT2D eigenvalue weighted by atomic mass is 35.5. The molecule has 0 atom stereocenters. The van der Waals surface area contributed by atoms with Crippen molar-refractivity contribution in [3.05, 3.63) is 65.7 Å². The van der Waals surface area contributed by atoms with Crippen LogP contribution in [-0.2, 0) is 6.54 Å². The lowest BCUT2D eigenvalue weighted by molar-refractivity contribution is -0.0498. The van der Waals surface area contributed by atoms with Crippen molar-refractivity contribution in [3.63, 3.8) is 0 Å². The van der Waals surface area contributed by atoms with Crippen LogP contribution < -0.4 is 10.1 Å². The Bertz CT molecular complexity index is 723. The van der Waals surface area contributed by atoms with E-state index in [1.165, 1.54) is 23.8 Å². The standard InChI is InChI=1S/C20H22F2N2O2.ClH/c21-20(22)26-18-8-4-7-16(13-18)19(25)23-17-9-11-24(12-10-17)14-15-5-2-1-3-6-15;/h1-8,13,17,20H,9-12,14H2,(H,23,25);1H. The Morgan fingerprint density at radius 3 is 2.48 bits per heavy atom. The molecule has 1 aliphatic rings. The third-order valence-corrected chi connectivity index (χ3v) is 4.49. The molecular weight excluding hydrogens is 374 g/mol. The Morgan fingerprint density at radius 2 is 1.81 bits per heavy atom. The summed E-state index contributed by atoms with van der Waals surface area (Å²) in [6.45, 7) is -0.167. The van der Waals surface area contributed by atoms with E-state index in [0.29, 0.717) is 5.56 Å². The van der Waals surface area contributed by atoms with Gasteiger partial charge in [-0.15, -0.1) is 12.4 Å². The van der Waals surface area contributed by atoms with Crippen LogP contribution >= 0.6 is 12.4 Å². The number of benzene rings is 2. The number of alkyl halides is 2. The Labute approximate surface area is 163 Å². The van der Waals surface area contributed by atoms with E-state index in [4.69, 9.17) is 0 Å². The number of rotatable bonds is 6. The zero-order chi connectivity index (χ0) is 18.4. The molecule has 7 heteroatoms. The zero-order valence-electron chi connectivity index (χ0n) is 14.8. The maximum absolute atomic E-state index is 12.4. The number of piperidine rings is 1. The van der Waals surface area contributed by atoms with Gasteiger partial charge in [0.2, 0.25) is 0 Å². The maximum atomic E-state index is 12.4. The molecule has 0 saturated carbocycles. The molecule has 27 heavy (non-hydrogen) atoms. The average Bonchev–Trinajstić information content (AvgIpc) is 2.64. The van der Waals surface area contributed by atoms with Crippen molar-refractivity contribution in [1.29, 1.82) is 0 Å². The van der Waals surface area contributed by atoms with Gasteiger partial charge < -0.3 is 10.1 Å². The topological polar surface area (TPSA) is 41.6 Å². The van der Waals surface area contributed by atoms with Crippen molar-refractivity contribution in [3.8, 4) is 5.75 Å². The van der Waals surface area contributed by atoms with Crippen LogP contribution in [0.5, 0.6) is 5.75 Å². The predicted molar refractivity (Wildman–Crippen MR) is 103 cm³/mol. The lowest BCUT2D eigenvalue weighted by Crippen LogP contribution is -2.44. The van der Waals surface area contributed by atoms with Gasteiger partial charge in [0.15, 0.2) is 0 Å². The van der Waals surface area contributed by atoms with Crippen LogP contribution in [0.3, 0.4) is 0 Å². The van der Waals surface area contributed by atoms with E-state index in [1.807, 2.05) is 18.2 Å². The van der Waals surface area contributed by atoms with Gasteiger partial charge in [0.25, 0.3) is 5.91 Å². The third kappa shape index (κ3) is 6.48. The minimum absolute atomic E-state index is 0. The second-order valence-electron chi connectivity index (χ2n) is 6.42. The first-order valence-corrected chi connectivity index (χ1v) is 8.72. The molecule has 2 aromatic rings. The van der Waals surface area contributed by atoms with Crippen LogP contribution in [0.2, 0.25) is 0 Å². The van der Waals surface area contributed by atoms with Gasteiger partial charge in [0.1, 0.15) is 5.75 Å². The number of likely N-dealkylation sites (tertiary alicyclic amines) is 1. The molecule has 0 aromatic heterocycles. The molecule has 0 spiro atoms. The Morgan fingerprint density at radius 1 is 1.11 bits per heavy atom. The van der Waals surface area contributed by atoms with Crippen molar-refractivity contribution in [2.75, 3.05) is 13.1 Å². The molecule has 1 heterocycles. The highest BCUT2D eigenvalue weighted by molar-refractivity contribution is 5.94. The first-order chi connectivity index (χ1) is 12.6. The van der Waals surface area contributed by atoms with Crippen molar-refractivity contribution in [1.82, 2.24) is 10.2 Å². The molecule has 1 N–H and O–H groups in total. The summed E-state index contributed by atoms with van der Waals surface area (Å²) in [7, 11) is 0. The van der Waals surface area contributed by atoms with Crippen molar-refractivity contribution in [2.24, 2.45) is 0 Å². The summed E-state index contributed by atoms with van der Waals surface area (Å²) in [6, 6.07) is 16.3. The second kappa shape index (κ2) is 10.2. The van der Waals surface area contributed by atoms with Gasteiger partial charge in [-0.2, -0.15) is 8.78 Å². The highest BCUT2D eigenvalue weighted by Gasteiger charge is 2.21. The van der Waals surface area contributed by atoms with Gasteiger partial charge >= 0.3 is 6.61 Å². The summed E-state index contributed by atoms with van der Waals surface area (Å²) in [4.78, 5) is 14.7. The van der Waals surface area contributed by atoms with Crippen LogP contribution in [0.15, 0.2) is 54.6 Å². The fraction of sp³-hybridized carbons (Fsp3) is 0.350. The minimum Gasteiger partial charge on any atom is -0.435 e. The summed E-state index contributed by atoms with van der Waals surface area (Å²) < 4.78 is 28.9. The molecule has 1 aliphatic heterocycles. The van der Waals surface area contributed by atoms with Crippen molar-refractivity contribution < 1.29 is 18.3 Å². The van der Waals surface area contributed by atoms with Crippen molar-refractivity contribution >= 4 is 18.3 Å². The van der Waals surface area contributed by atoms with Crippen LogP contribution in [0.4, 0.5) is 8.78 Å². The summed E-state index contributed by atoms with van der Waals surface area (Å²) >= 11 is 0. The van der Waals surface area contributed by atoms with E-state index in [9.17, 15) is 13.6 Å². The average molecular weight is 397 g/mol. The fourth-order valence-electron chi connectivity index (χ4n) is 3.16. The molecule has 0 bridgehead atoms. The van der Waals surface area contributed by atoms with E-state index in [1.54, 1.807) is 6.07 Å². The van der Waals surface area contributed by atoms with Gasteiger partial charge in [-0.1, -0.05) is 36.4 Å². The number of nitrogens with one attached hydrogen (secondary N) is 1. The Kier molecular flexibility index (Phi) is 8.00. The van der Waals surface area contributed by atoms with Crippen LogP contribution in [0, 0.1) is 0 Å². The summed E-state index contributed by atoms with van der Waals surface area (Å²) in [6.07, 6.45) is 1.73. The van der Waals surface area contributed by atoms with E-state index in [2.05, 4.69) is 27.1 Å². The van der Waals surface area contributed by atoms with Crippen molar-refractivity contribution in [2.45, 2.75) is 32.0 Å². The van der Waals surface area contributed by atoms with Gasteiger partial charge in [0.05, 0.1) is 0 Å². The molecule has 1 amide bonds. The number of ether oxygens (including phenoxy) is 1. The normalized spacial score (nSPS) is 15.2. The molecule has 0 aliphatic carbocycles. The van der Waals surface area contributed by atoms with Gasteiger partial charge in [-0.3, -0.25) is 9.69 Å². The molecule has 2 aromatic carbocycles. The summed E-state index contributed by atoms with van der Waals surface area (Å²) in [5.41, 5.74) is 1.61. The largest absolute Gasteiger partial charge is 0.435 e. The molecule has 4 nitrogen and oxygen atoms in total. The van der Waals surface area contributed by atoms with Crippen LogP contribution in [0.1, 0.15) is 28.8 Å². The number of hydrogen-bond acceptors (Lipinski definition) is 3. The predicted octanol–water partition coefficient (Wildman–Crippen LogP) is 4.10. The van der Waals surface area contributed by atoms with E-state index >= 15 is 0 Å². The number of carbonyl (C=O) groups excluding carboxylic acids is 1. The Balaban J connectivity index is 0.00000261. The van der Waals surface area contributed by atoms with Crippen LogP contribution in [0.25, 0.3) is 0 Å². The lowest BCUT2D eigenvalue weighted by Gasteiger charge is -2.32. The maximum Gasteiger partial charge on any atom is 0.387 e. The number of nitrogens with zero attached hydrogens (tertiary/aromatic N) is 1.